The van der Waals surface area contributed by atoms with Crippen molar-refractivity contribution in [2.24, 2.45) is 0 Å². The standard InChI is InChI=1S/C10H7.2ClH.Zr/c1-2-5-9-7-4-8-10(9)6-3-1;;;/h1-7H;2*1H;/q-1;;;+3/p-2. The average molecular weight is 289 g/mol. The average Bonchev–Trinajstić information content (AvgIpc) is 2.28. The molecule has 3 heteroatoms. The van der Waals surface area contributed by atoms with Gasteiger partial charge in [0.15, 0.2) is 0 Å². The zero-order valence-electron chi connectivity index (χ0n) is 6.80. The molecular weight excluding hydrogens is 282 g/mol. The van der Waals surface area contributed by atoms with Gasteiger partial charge in [0.25, 0.3) is 0 Å². The summed E-state index contributed by atoms with van der Waals surface area (Å²) in [6.07, 6.45) is 0. The molecule has 0 aromatic rings. The molecule has 0 amide bonds. The van der Waals surface area contributed by atoms with E-state index in [1.54, 1.807) is 0 Å². The fraction of sp³-hybridized carbons (Fsp3) is 0. The van der Waals surface area contributed by atoms with Gasteiger partial charge in [-0.1, -0.05) is 12.1 Å². The first-order valence-electron chi connectivity index (χ1n) is 3.32. The van der Waals surface area contributed by atoms with Crippen LogP contribution in [0.25, 0.3) is 11.1 Å². The molecular formula is C10H7Cl2Zr. The largest absolute Gasteiger partial charge is 3.00 e. The van der Waals surface area contributed by atoms with Gasteiger partial charge < -0.3 is 24.8 Å². The Morgan fingerprint density at radius 3 is 2.31 bits per heavy atom. The minimum absolute atomic E-state index is 0. The Kier molecular flexibility index (Phi) is 9.08. The van der Waals surface area contributed by atoms with E-state index >= 15 is 0 Å². The zero-order valence-corrected chi connectivity index (χ0v) is 10.8. The minimum atomic E-state index is 0. The SMILES string of the molecule is [Cl-].[Cl-].[Zr+3].[c-]1ccc2cccccc1-2. The van der Waals surface area contributed by atoms with E-state index in [0.29, 0.717) is 0 Å². The first-order chi connectivity index (χ1) is 4.97. The molecule has 13 heavy (non-hydrogen) atoms. The number of halogens is 2. The molecule has 0 bridgehead atoms. The van der Waals surface area contributed by atoms with E-state index in [9.17, 15) is 0 Å². The first kappa shape index (κ1) is 15.6. The summed E-state index contributed by atoms with van der Waals surface area (Å²) in [5, 5.41) is 0. The minimum Gasteiger partial charge on any atom is -1.00 e. The van der Waals surface area contributed by atoms with E-state index < -0.39 is 0 Å². The van der Waals surface area contributed by atoms with E-state index in [2.05, 4.69) is 24.3 Å². The fourth-order valence-electron chi connectivity index (χ4n) is 1.06. The van der Waals surface area contributed by atoms with Crippen LogP contribution in [-0.4, -0.2) is 0 Å². The Morgan fingerprint density at radius 1 is 0.846 bits per heavy atom. The Labute approximate surface area is 110 Å². The Morgan fingerprint density at radius 2 is 1.54 bits per heavy atom. The molecule has 0 spiro atoms. The van der Waals surface area contributed by atoms with Crippen LogP contribution < -0.4 is 24.8 Å². The molecule has 0 aliphatic heterocycles. The van der Waals surface area contributed by atoms with Crippen LogP contribution in [-0.2, 0) is 26.2 Å². The maximum atomic E-state index is 3.14. The summed E-state index contributed by atoms with van der Waals surface area (Å²) >= 11 is 0. The van der Waals surface area contributed by atoms with E-state index in [0.717, 1.165) is 0 Å². The molecule has 0 saturated carbocycles. The molecule has 1 radical (unpaired) electrons. The van der Waals surface area contributed by atoms with Crippen molar-refractivity contribution in [2.75, 3.05) is 0 Å². The van der Waals surface area contributed by atoms with Crippen molar-refractivity contribution in [1.82, 2.24) is 0 Å². The molecule has 0 aromatic carbocycles. The summed E-state index contributed by atoms with van der Waals surface area (Å²) in [6, 6.07) is 17.4. The number of fused-ring (bicyclic) bond motifs is 1. The van der Waals surface area contributed by atoms with E-state index in [4.69, 9.17) is 0 Å². The van der Waals surface area contributed by atoms with Gasteiger partial charge in [-0.15, -0.1) is 29.8 Å². The second kappa shape index (κ2) is 7.56. The Bertz CT molecular complexity index is 284. The van der Waals surface area contributed by atoms with Crippen LogP contribution in [0.5, 0.6) is 0 Å². The number of hydrogen-bond donors (Lipinski definition) is 0. The van der Waals surface area contributed by atoms with E-state index in [1.165, 1.54) is 11.1 Å². The molecule has 0 nitrogen and oxygen atoms in total. The zero-order chi connectivity index (χ0) is 6.81. The van der Waals surface area contributed by atoms with Crippen LogP contribution in [0.1, 0.15) is 0 Å². The van der Waals surface area contributed by atoms with Gasteiger partial charge >= 0.3 is 26.2 Å². The van der Waals surface area contributed by atoms with Crippen LogP contribution >= 0.6 is 0 Å². The summed E-state index contributed by atoms with van der Waals surface area (Å²) in [5.41, 5.74) is 2.44. The monoisotopic (exact) mass is 287 g/mol. The third kappa shape index (κ3) is 3.81. The summed E-state index contributed by atoms with van der Waals surface area (Å²) in [7, 11) is 0. The molecule has 0 heterocycles. The molecule has 2 aliphatic carbocycles. The van der Waals surface area contributed by atoms with Crippen molar-refractivity contribution in [3.63, 3.8) is 0 Å². The molecule has 2 rings (SSSR count). The van der Waals surface area contributed by atoms with Crippen molar-refractivity contribution in [2.45, 2.75) is 0 Å². The second-order valence-corrected chi connectivity index (χ2v) is 2.26. The maximum absolute atomic E-state index is 3.14. The smallest absolute Gasteiger partial charge is 1.00 e. The normalized spacial score (nSPS) is 7.69. The molecule has 0 fully saturated rings. The van der Waals surface area contributed by atoms with E-state index in [1.807, 2.05) is 24.3 Å². The summed E-state index contributed by atoms with van der Waals surface area (Å²) in [6.45, 7) is 0. The van der Waals surface area contributed by atoms with Crippen LogP contribution in [0.4, 0.5) is 0 Å². The molecule has 0 saturated heterocycles. The topological polar surface area (TPSA) is 0 Å². The van der Waals surface area contributed by atoms with Gasteiger partial charge in [-0.05, 0) is 0 Å². The van der Waals surface area contributed by atoms with Gasteiger partial charge in [0.05, 0.1) is 0 Å². The third-order valence-electron chi connectivity index (χ3n) is 1.57. The van der Waals surface area contributed by atoms with Crippen molar-refractivity contribution in [3.05, 3.63) is 48.5 Å². The van der Waals surface area contributed by atoms with Gasteiger partial charge in [-0.2, -0.15) is 17.7 Å². The van der Waals surface area contributed by atoms with Crippen LogP contribution in [0.15, 0.2) is 42.5 Å². The first-order valence-corrected chi connectivity index (χ1v) is 3.32. The van der Waals surface area contributed by atoms with Crippen molar-refractivity contribution in [3.8, 4) is 11.1 Å². The molecule has 0 aromatic heterocycles. The van der Waals surface area contributed by atoms with Gasteiger partial charge in [-0.25, -0.2) is 0 Å². The second-order valence-electron chi connectivity index (χ2n) is 2.26. The van der Waals surface area contributed by atoms with Crippen molar-refractivity contribution < 1.29 is 51.0 Å². The van der Waals surface area contributed by atoms with Crippen LogP contribution in [0, 0.1) is 6.07 Å². The van der Waals surface area contributed by atoms with Gasteiger partial charge in [-0.3, -0.25) is 0 Å². The predicted octanol–water partition coefficient (Wildman–Crippen LogP) is -3.40. The van der Waals surface area contributed by atoms with Crippen molar-refractivity contribution in [1.29, 1.82) is 0 Å². The third-order valence-corrected chi connectivity index (χ3v) is 1.57. The van der Waals surface area contributed by atoms with Gasteiger partial charge in [0.2, 0.25) is 0 Å². The van der Waals surface area contributed by atoms with Crippen molar-refractivity contribution >= 4 is 0 Å². The van der Waals surface area contributed by atoms with Gasteiger partial charge in [0.1, 0.15) is 0 Å². The molecule has 0 N–H and O–H groups in total. The van der Waals surface area contributed by atoms with Crippen LogP contribution in [0.2, 0.25) is 0 Å². The van der Waals surface area contributed by atoms with Crippen LogP contribution in [0.3, 0.4) is 0 Å². The molecule has 65 valence electrons. The Hall–Kier alpha value is 0.163. The molecule has 0 unspecified atom stereocenters. The van der Waals surface area contributed by atoms with Gasteiger partial charge in [0, 0.05) is 0 Å². The summed E-state index contributed by atoms with van der Waals surface area (Å²) in [4.78, 5) is 0. The summed E-state index contributed by atoms with van der Waals surface area (Å²) in [5.74, 6) is 0. The quantitative estimate of drug-likeness (QED) is 0.444. The number of rotatable bonds is 0. The predicted molar refractivity (Wildman–Crippen MR) is 41.9 cm³/mol. The molecule has 2 aliphatic rings. The fourth-order valence-corrected chi connectivity index (χ4v) is 1.06. The molecule has 0 atom stereocenters. The summed E-state index contributed by atoms with van der Waals surface area (Å²) < 4.78 is 0. The number of hydrogen-bond acceptors (Lipinski definition) is 0. The van der Waals surface area contributed by atoms with E-state index in [-0.39, 0.29) is 51.0 Å². The maximum Gasteiger partial charge on any atom is 3.00 e. The Balaban J connectivity index is 0.